The highest BCUT2D eigenvalue weighted by molar-refractivity contribution is 7.87. The van der Waals surface area contributed by atoms with Crippen LogP contribution in [0.25, 0.3) is 0 Å². The van der Waals surface area contributed by atoms with Crippen LogP contribution in [0.1, 0.15) is 6.92 Å². The molecule has 3 fully saturated rings. The van der Waals surface area contributed by atoms with Gasteiger partial charge in [0.05, 0.1) is 6.10 Å². The number of rotatable bonds is 0. The van der Waals surface area contributed by atoms with Gasteiger partial charge in [-0.1, -0.05) is 6.92 Å². The lowest BCUT2D eigenvalue weighted by atomic mass is 9.80. The summed E-state index contributed by atoms with van der Waals surface area (Å²) in [5, 5.41) is -1.57. The van der Waals surface area contributed by atoms with Crippen LogP contribution >= 0.6 is 0 Å². The average molecular weight is 258 g/mol. The fourth-order valence-corrected chi connectivity index (χ4v) is 4.95. The molecule has 5 unspecified atom stereocenters. The molecule has 6 atom stereocenters. The van der Waals surface area contributed by atoms with Crippen molar-refractivity contribution in [3.63, 3.8) is 0 Å². The number of alkyl halides is 3. The molecule has 0 aliphatic carbocycles. The highest BCUT2D eigenvalue weighted by Crippen LogP contribution is 2.56. The molecule has 0 aromatic heterocycles. The van der Waals surface area contributed by atoms with Crippen molar-refractivity contribution in [1.29, 1.82) is 0 Å². The molecule has 0 saturated carbocycles. The van der Waals surface area contributed by atoms with Crippen molar-refractivity contribution in [1.82, 2.24) is 0 Å². The van der Waals surface area contributed by atoms with Gasteiger partial charge in [0.25, 0.3) is 10.1 Å². The predicted molar refractivity (Wildman–Crippen MR) is 45.0 cm³/mol. The van der Waals surface area contributed by atoms with E-state index in [2.05, 4.69) is 0 Å². The van der Waals surface area contributed by atoms with Crippen molar-refractivity contribution in [3.05, 3.63) is 0 Å². The first kappa shape index (κ1) is 10.8. The molecule has 0 amide bonds. The third kappa shape index (κ3) is 1.10. The molecule has 2 bridgehead atoms. The lowest BCUT2D eigenvalue weighted by molar-refractivity contribution is -0.188. The van der Waals surface area contributed by atoms with Crippen molar-refractivity contribution in [2.24, 2.45) is 11.8 Å². The number of fused-ring (bicyclic) bond motifs is 1. The molecule has 3 aliphatic rings. The van der Waals surface area contributed by atoms with E-state index in [1.165, 1.54) is 6.92 Å². The van der Waals surface area contributed by atoms with Gasteiger partial charge in [-0.2, -0.15) is 21.6 Å². The molecular formula is C8H9F3O4S. The third-order valence-corrected chi connectivity index (χ3v) is 5.38. The fraction of sp³-hybridized carbons (Fsp3) is 1.00. The molecule has 0 spiro atoms. The molecule has 3 rings (SSSR count). The quantitative estimate of drug-likeness (QED) is 0.599. The number of ether oxygens (including phenoxy) is 1. The van der Waals surface area contributed by atoms with Gasteiger partial charge in [-0.15, -0.1) is 0 Å². The molecule has 92 valence electrons. The number of hydrogen-bond acceptors (Lipinski definition) is 4. The summed E-state index contributed by atoms with van der Waals surface area (Å²) in [7, 11) is -4.14. The van der Waals surface area contributed by atoms with Crippen LogP contribution in [-0.2, 0) is 19.0 Å². The van der Waals surface area contributed by atoms with E-state index in [0.29, 0.717) is 0 Å². The Labute approximate surface area is 89.8 Å². The first-order valence-electron chi connectivity index (χ1n) is 4.88. The molecule has 0 aromatic rings. The van der Waals surface area contributed by atoms with Crippen molar-refractivity contribution in [3.8, 4) is 0 Å². The van der Waals surface area contributed by atoms with Crippen LogP contribution in [0.2, 0.25) is 0 Å². The van der Waals surface area contributed by atoms with E-state index >= 15 is 0 Å². The molecule has 0 radical (unpaired) electrons. The van der Waals surface area contributed by atoms with Crippen LogP contribution in [0.5, 0.6) is 0 Å². The maximum atomic E-state index is 12.8. The average Bonchev–Trinajstić information content (AvgIpc) is 2.66. The van der Waals surface area contributed by atoms with Gasteiger partial charge in [-0.25, -0.2) is 0 Å². The smallest absolute Gasteiger partial charge is 0.370 e. The minimum absolute atomic E-state index is 0.537. The second-order valence-corrected chi connectivity index (χ2v) is 6.23. The van der Waals surface area contributed by atoms with Crippen molar-refractivity contribution >= 4 is 10.1 Å². The van der Waals surface area contributed by atoms with Crippen molar-refractivity contribution in [2.75, 3.05) is 0 Å². The summed E-state index contributed by atoms with van der Waals surface area (Å²) in [6.45, 7) is 1.53. The zero-order valence-corrected chi connectivity index (χ0v) is 8.96. The zero-order valence-electron chi connectivity index (χ0n) is 8.14. The van der Waals surface area contributed by atoms with Crippen LogP contribution in [0, 0.1) is 11.8 Å². The van der Waals surface area contributed by atoms with Gasteiger partial charge in [0.1, 0.15) is 23.4 Å². The van der Waals surface area contributed by atoms with Gasteiger partial charge in [0.15, 0.2) is 0 Å². The minimum Gasteiger partial charge on any atom is -0.370 e. The van der Waals surface area contributed by atoms with Gasteiger partial charge in [-0.3, -0.25) is 4.18 Å². The van der Waals surface area contributed by atoms with Gasteiger partial charge in [0.2, 0.25) is 0 Å². The highest BCUT2D eigenvalue weighted by Gasteiger charge is 2.74. The molecular weight excluding hydrogens is 249 g/mol. The van der Waals surface area contributed by atoms with Gasteiger partial charge in [0, 0.05) is 5.92 Å². The summed E-state index contributed by atoms with van der Waals surface area (Å²) in [5.41, 5.74) is 0. The lowest BCUT2D eigenvalue weighted by Crippen LogP contribution is -2.47. The molecule has 0 aromatic carbocycles. The summed E-state index contributed by atoms with van der Waals surface area (Å²) in [6, 6.07) is 0. The Morgan fingerprint density at radius 2 is 1.75 bits per heavy atom. The van der Waals surface area contributed by atoms with E-state index in [4.69, 9.17) is 8.92 Å². The Hall–Kier alpha value is -0.340. The summed E-state index contributed by atoms with van der Waals surface area (Å²) in [5.74, 6) is -2.48. The summed E-state index contributed by atoms with van der Waals surface area (Å²) in [6.07, 6.45) is -7.34. The van der Waals surface area contributed by atoms with Crippen LogP contribution in [0.4, 0.5) is 13.2 Å². The summed E-state index contributed by atoms with van der Waals surface area (Å²) >= 11 is 0. The molecule has 3 saturated heterocycles. The van der Waals surface area contributed by atoms with E-state index in [1.54, 1.807) is 0 Å². The van der Waals surface area contributed by atoms with E-state index in [9.17, 15) is 21.6 Å². The largest absolute Gasteiger partial charge is 0.395 e. The van der Waals surface area contributed by atoms with Crippen LogP contribution < -0.4 is 0 Å². The van der Waals surface area contributed by atoms with Crippen LogP contribution in [-0.4, -0.2) is 38.2 Å². The van der Waals surface area contributed by atoms with Crippen molar-refractivity contribution < 1.29 is 30.5 Å². The SMILES string of the molecule is CC1C2OC3C(C2C(F)(F)F)S(=O)(=O)O[C@H]13. The summed E-state index contributed by atoms with van der Waals surface area (Å²) in [4.78, 5) is 0. The van der Waals surface area contributed by atoms with Gasteiger partial charge in [-0.05, 0) is 0 Å². The second kappa shape index (κ2) is 2.73. The molecule has 16 heavy (non-hydrogen) atoms. The second-order valence-electron chi connectivity index (χ2n) is 4.51. The van der Waals surface area contributed by atoms with Gasteiger partial charge < -0.3 is 4.74 Å². The maximum Gasteiger partial charge on any atom is 0.395 e. The normalized spacial score (nSPS) is 53.5. The maximum absolute atomic E-state index is 12.8. The molecule has 8 heteroatoms. The first-order valence-corrected chi connectivity index (χ1v) is 6.35. The predicted octanol–water partition coefficient (Wildman–Crippen LogP) is 0.679. The van der Waals surface area contributed by atoms with Crippen molar-refractivity contribution in [2.45, 2.75) is 36.7 Å². The monoisotopic (exact) mass is 258 g/mol. The third-order valence-electron chi connectivity index (χ3n) is 3.66. The number of hydrogen-bond donors (Lipinski definition) is 0. The molecule has 3 heterocycles. The fourth-order valence-electron chi connectivity index (χ4n) is 3.01. The van der Waals surface area contributed by atoms with Gasteiger partial charge >= 0.3 is 6.18 Å². The topological polar surface area (TPSA) is 52.6 Å². The Balaban J connectivity index is 2.11. The summed E-state index contributed by atoms with van der Waals surface area (Å²) < 4.78 is 71.2. The molecule has 3 aliphatic heterocycles. The van der Waals surface area contributed by atoms with E-state index < -0.39 is 51.7 Å². The van der Waals surface area contributed by atoms with E-state index in [-0.39, 0.29) is 0 Å². The van der Waals surface area contributed by atoms with E-state index in [0.717, 1.165) is 0 Å². The Bertz CT molecular complexity index is 431. The lowest BCUT2D eigenvalue weighted by Gasteiger charge is -2.27. The molecule has 0 N–H and O–H groups in total. The Kier molecular flexibility index (Phi) is 1.84. The zero-order chi connectivity index (χ0) is 11.9. The Morgan fingerprint density at radius 3 is 2.31 bits per heavy atom. The standard InChI is InChI=1S/C8H9F3O4S/c1-2-4-3(8(9,10)11)7-6(14-4)5(2)15-16(7,12)13/h2-7H,1H3/t2?,3?,4?,5-,6?,7?/m1/s1. The van der Waals surface area contributed by atoms with E-state index in [1.807, 2.05) is 0 Å². The number of halogens is 3. The Morgan fingerprint density at radius 1 is 1.12 bits per heavy atom. The van der Waals surface area contributed by atoms with Crippen LogP contribution in [0.15, 0.2) is 0 Å². The first-order chi connectivity index (χ1) is 7.23. The minimum atomic E-state index is -4.57. The highest BCUT2D eigenvalue weighted by atomic mass is 32.2. The van der Waals surface area contributed by atoms with Crippen LogP contribution in [0.3, 0.4) is 0 Å². The molecule has 4 nitrogen and oxygen atoms in total.